The van der Waals surface area contributed by atoms with Gasteiger partial charge in [-0.1, -0.05) is 107 Å². The van der Waals surface area contributed by atoms with Crippen molar-refractivity contribution in [3.63, 3.8) is 0 Å². The van der Waals surface area contributed by atoms with Crippen LogP contribution in [0.25, 0.3) is 0 Å². The van der Waals surface area contributed by atoms with Crippen molar-refractivity contribution >= 4 is 0 Å². The van der Waals surface area contributed by atoms with Gasteiger partial charge in [-0.15, -0.1) is 0 Å². The van der Waals surface area contributed by atoms with Crippen molar-refractivity contribution in [1.82, 2.24) is 0 Å². The van der Waals surface area contributed by atoms with E-state index in [1.165, 1.54) is 64.2 Å². The Bertz CT molecular complexity index is 835. The van der Waals surface area contributed by atoms with Crippen LogP contribution in [0.1, 0.15) is 147 Å². The zero-order valence-electron chi connectivity index (χ0n) is 25.6. The lowest BCUT2D eigenvalue weighted by molar-refractivity contribution is -0.0307. The SMILES string of the molecule is CCCC1(C)C(C)(C)C2=C(C(OC3CCCC4=C3C(C)(C)C(C)(CCC)C4(C)C)CCC2)C1(C)C. The van der Waals surface area contributed by atoms with Gasteiger partial charge < -0.3 is 4.74 Å². The first-order valence-corrected chi connectivity index (χ1v) is 15.2. The molecule has 0 saturated carbocycles. The first-order chi connectivity index (χ1) is 16.1. The molecule has 0 radical (unpaired) electrons. The molecule has 4 rings (SSSR count). The Balaban J connectivity index is 1.75. The summed E-state index contributed by atoms with van der Waals surface area (Å²) in [7, 11) is 0. The Hall–Kier alpha value is -0.560. The first-order valence-electron chi connectivity index (χ1n) is 15.2. The van der Waals surface area contributed by atoms with E-state index in [0.717, 1.165) is 0 Å². The Labute approximate surface area is 218 Å². The van der Waals surface area contributed by atoms with Crippen LogP contribution in [0.2, 0.25) is 0 Å². The third-order valence-corrected chi connectivity index (χ3v) is 13.3. The van der Waals surface area contributed by atoms with Gasteiger partial charge in [0.15, 0.2) is 0 Å². The second kappa shape index (κ2) is 8.47. The van der Waals surface area contributed by atoms with Crippen LogP contribution >= 0.6 is 0 Å². The number of hydrogen-bond donors (Lipinski definition) is 0. The van der Waals surface area contributed by atoms with Crippen molar-refractivity contribution in [2.45, 2.75) is 160 Å². The fraction of sp³-hybridized carbons (Fsp3) is 0.882. The smallest absolute Gasteiger partial charge is 0.0801 e. The zero-order valence-corrected chi connectivity index (χ0v) is 25.6. The molecule has 200 valence electrons. The summed E-state index contributed by atoms with van der Waals surface area (Å²) >= 11 is 0. The molecule has 4 atom stereocenters. The summed E-state index contributed by atoms with van der Waals surface area (Å²) < 4.78 is 7.45. The molecule has 1 heteroatoms. The summed E-state index contributed by atoms with van der Waals surface area (Å²) in [5.41, 5.74) is 8.33. The van der Waals surface area contributed by atoms with Gasteiger partial charge in [0.25, 0.3) is 0 Å². The average molecular weight is 483 g/mol. The van der Waals surface area contributed by atoms with E-state index in [1.807, 2.05) is 0 Å². The molecule has 0 fully saturated rings. The molecule has 0 amide bonds. The molecule has 35 heavy (non-hydrogen) atoms. The molecule has 0 saturated heterocycles. The third-order valence-electron chi connectivity index (χ3n) is 13.3. The lowest BCUT2D eigenvalue weighted by Crippen LogP contribution is -2.44. The van der Waals surface area contributed by atoms with E-state index < -0.39 is 0 Å². The molecule has 0 N–H and O–H groups in total. The van der Waals surface area contributed by atoms with Gasteiger partial charge in [0.1, 0.15) is 0 Å². The third kappa shape index (κ3) is 3.34. The first kappa shape index (κ1) is 27.5. The Morgan fingerprint density at radius 3 is 1.23 bits per heavy atom. The van der Waals surface area contributed by atoms with Gasteiger partial charge in [-0.05, 0) is 95.0 Å². The largest absolute Gasteiger partial charge is 0.366 e. The number of hydrogen-bond acceptors (Lipinski definition) is 1. The van der Waals surface area contributed by atoms with Gasteiger partial charge in [0.2, 0.25) is 0 Å². The van der Waals surface area contributed by atoms with Crippen molar-refractivity contribution in [3.05, 3.63) is 22.3 Å². The highest BCUT2D eigenvalue weighted by molar-refractivity contribution is 5.45. The molecule has 4 unspecified atom stereocenters. The Morgan fingerprint density at radius 2 is 0.914 bits per heavy atom. The van der Waals surface area contributed by atoms with Gasteiger partial charge in [-0.2, -0.15) is 0 Å². The monoisotopic (exact) mass is 482 g/mol. The maximum atomic E-state index is 7.45. The van der Waals surface area contributed by atoms with Crippen LogP contribution in [0.3, 0.4) is 0 Å². The molecule has 0 aromatic carbocycles. The minimum Gasteiger partial charge on any atom is -0.366 e. The van der Waals surface area contributed by atoms with E-state index in [2.05, 4.69) is 83.1 Å². The van der Waals surface area contributed by atoms with Crippen molar-refractivity contribution in [1.29, 1.82) is 0 Å². The molecule has 4 aliphatic rings. The molecule has 0 heterocycles. The summed E-state index contributed by atoms with van der Waals surface area (Å²) in [4.78, 5) is 0. The fourth-order valence-corrected chi connectivity index (χ4v) is 10.3. The van der Waals surface area contributed by atoms with Crippen LogP contribution in [0.5, 0.6) is 0 Å². The summed E-state index contributed by atoms with van der Waals surface area (Å²) in [6.45, 7) is 30.3. The molecule has 0 aromatic rings. The van der Waals surface area contributed by atoms with Crippen molar-refractivity contribution < 1.29 is 4.74 Å². The quantitative estimate of drug-likeness (QED) is 0.342. The van der Waals surface area contributed by atoms with Crippen molar-refractivity contribution in [2.75, 3.05) is 0 Å². The highest BCUT2D eigenvalue weighted by atomic mass is 16.5. The predicted octanol–water partition coefficient (Wildman–Crippen LogP) is 10.4. The fourth-order valence-electron chi connectivity index (χ4n) is 10.3. The Kier molecular flexibility index (Phi) is 6.65. The van der Waals surface area contributed by atoms with Crippen molar-refractivity contribution in [2.24, 2.45) is 32.5 Å². The van der Waals surface area contributed by atoms with E-state index in [-0.39, 0.29) is 32.5 Å². The number of allylic oxidation sites excluding steroid dienone is 2. The van der Waals surface area contributed by atoms with Gasteiger partial charge in [0, 0.05) is 0 Å². The maximum absolute atomic E-state index is 7.45. The van der Waals surface area contributed by atoms with E-state index in [1.54, 1.807) is 22.3 Å². The van der Waals surface area contributed by atoms with Crippen LogP contribution < -0.4 is 0 Å². The molecular weight excluding hydrogens is 424 g/mol. The summed E-state index contributed by atoms with van der Waals surface area (Å²) in [6, 6.07) is 0. The lowest BCUT2D eigenvalue weighted by atomic mass is 9.54. The summed E-state index contributed by atoms with van der Waals surface area (Å²) in [5, 5.41) is 0. The summed E-state index contributed by atoms with van der Waals surface area (Å²) in [5.74, 6) is 0. The van der Waals surface area contributed by atoms with E-state index in [4.69, 9.17) is 4.74 Å². The normalized spacial score (nSPS) is 39.1. The number of ether oxygens (including phenoxy) is 1. The number of rotatable bonds is 6. The van der Waals surface area contributed by atoms with Crippen LogP contribution in [0.4, 0.5) is 0 Å². The minimum absolute atomic E-state index is 0.181. The zero-order chi connectivity index (χ0) is 26.2. The average Bonchev–Trinajstić information content (AvgIpc) is 2.97. The highest BCUT2D eigenvalue weighted by Gasteiger charge is 2.64. The molecule has 0 aliphatic heterocycles. The van der Waals surface area contributed by atoms with Crippen LogP contribution in [-0.2, 0) is 4.74 Å². The summed E-state index contributed by atoms with van der Waals surface area (Å²) in [6.07, 6.45) is 13.2. The van der Waals surface area contributed by atoms with Crippen LogP contribution in [0, 0.1) is 32.5 Å². The van der Waals surface area contributed by atoms with Crippen LogP contribution in [0.15, 0.2) is 22.3 Å². The van der Waals surface area contributed by atoms with E-state index >= 15 is 0 Å². The van der Waals surface area contributed by atoms with Gasteiger partial charge >= 0.3 is 0 Å². The van der Waals surface area contributed by atoms with E-state index in [9.17, 15) is 0 Å². The predicted molar refractivity (Wildman–Crippen MR) is 152 cm³/mol. The second-order valence-corrected chi connectivity index (χ2v) is 15.3. The topological polar surface area (TPSA) is 9.23 Å². The maximum Gasteiger partial charge on any atom is 0.0801 e. The highest BCUT2D eigenvalue weighted by Crippen LogP contribution is 2.72. The molecule has 0 bridgehead atoms. The molecule has 0 spiro atoms. The molecule has 4 aliphatic carbocycles. The van der Waals surface area contributed by atoms with Gasteiger partial charge in [0.05, 0.1) is 12.2 Å². The standard InChI is InChI=1S/C34H58O/c1-13-21-33(11)29(3,4)23-17-15-19-25(27(23)31(33,7)8)35-26-20-16-18-24-28(26)32(9,10)34(12,22-14-2)30(24,5)6/h25-26H,13-22H2,1-12H3. The minimum atomic E-state index is 0.181. The molecule has 1 nitrogen and oxygen atoms in total. The lowest BCUT2D eigenvalue weighted by Gasteiger charge is -2.50. The van der Waals surface area contributed by atoms with E-state index in [0.29, 0.717) is 12.2 Å². The second-order valence-electron chi connectivity index (χ2n) is 15.3. The Morgan fingerprint density at radius 1 is 0.571 bits per heavy atom. The molecular formula is C34H58O. The van der Waals surface area contributed by atoms with Gasteiger partial charge in [-0.25, -0.2) is 0 Å². The van der Waals surface area contributed by atoms with Crippen molar-refractivity contribution in [3.8, 4) is 0 Å². The molecule has 0 aromatic heterocycles. The van der Waals surface area contributed by atoms with Crippen LogP contribution in [-0.4, -0.2) is 12.2 Å². The van der Waals surface area contributed by atoms with Gasteiger partial charge in [-0.3, -0.25) is 0 Å².